The Bertz CT molecular complexity index is 807. The maximum atomic E-state index is 12.4. The fraction of sp³-hybridized carbons (Fsp3) is 0.167. The minimum absolute atomic E-state index is 0.0930. The molecule has 0 atom stereocenters. The van der Waals surface area contributed by atoms with E-state index in [2.05, 4.69) is 5.32 Å². The Balaban J connectivity index is 1.87. The molecule has 112 valence electrons. The SMILES string of the molecule is COc1cccc2cc(C(=O)NCc3ccccc3)n(C)c12. The van der Waals surface area contributed by atoms with Gasteiger partial charge in [-0.15, -0.1) is 0 Å². The number of carbonyl (C=O) groups excluding carboxylic acids is 1. The molecule has 0 radical (unpaired) electrons. The van der Waals surface area contributed by atoms with Crippen molar-refractivity contribution >= 4 is 16.8 Å². The van der Waals surface area contributed by atoms with Crippen LogP contribution >= 0.6 is 0 Å². The number of fused-ring (bicyclic) bond motifs is 1. The quantitative estimate of drug-likeness (QED) is 0.803. The van der Waals surface area contributed by atoms with Crippen molar-refractivity contribution in [3.05, 3.63) is 65.9 Å². The van der Waals surface area contributed by atoms with E-state index in [9.17, 15) is 4.79 Å². The summed E-state index contributed by atoms with van der Waals surface area (Å²) in [5.74, 6) is 0.673. The zero-order valence-corrected chi connectivity index (χ0v) is 12.7. The second-order valence-corrected chi connectivity index (χ2v) is 5.15. The van der Waals surface area contributed by atoms with Gasteiger partial charge in [-0.2, -0.15) is 0 Å². The number of nitrogens with one attached hydrogen (secondary N) is 1. The standard InChI is InChI=1S/C18H18N2O2/c1-20-15(11-14-9-6-10-16(22-2)17(14)20)18(21)19-12-13-7-4-3-5-8-13/h3-11H,12H2,1-2H3,(H,19,21). The predicted molar refractivity (Wildman–Crippen MR) is 87.1 cm³/mol. The van der Waals surface area contributed by atoms with Crippen molar-refractivity contribution in [1.29, 1.82) is 0 Å². The number of methoxy groups -OCH3 is 1. The molecule has 1 N–H and O–H groups in total. The van der Waals surface area contributed by atoms with Crippen molar-refractivity contribution in [2.45, 2.75) is 6.54 Å². The van der Waals surface area contributed by atoms with Gasteiger partial charge in [0.15, 0.2) is 0 Å². The van der Waals surface area contributed by atoms with E-state index in [-0.39, 0.29) is 5.91 Å². The lowest BCUT2D eigenvalue weighted by molar-refractivity contribution is 0.0943. The van der Waals surface area contributed by atoms with E-state index in [1.165, 1.54) is 0 Å². The normalized spacial score (nSPS) is 10.6. The molecule has 3 rings (SSSR count). The van der Waals surface area contributed by atoms with Gasteiger partial charge in [-0.1, -0.05) is 42.5 Å². The van der Waals surface area contributed by atoms with Crippen LogP contribution in [0.1, 0.15) is 16.1 Å². The van der Waals surface area contributed by atoms with Gasteiger partial charge >= 0.3 is 0 Å². The summed E-state index contributed by atoms with van der Waals surface area (Å²) in [7, 11) is 3.51. The number of hydrogen-bond donors (Lipinski definition) is 1. The van der Waals surface area contributed by atoms with E-state index in [0.717, 1.165) is 22.2 Å². The van der Waals surface area contributed by atoms with Crippen LogP contribution in [0.5, 0.6) is 5.75 Å². The number of aryl methyl sites for hydroxylation is 1. The van der Waals surface area contributed by atoms with E-state index < -0.39 is 0 Å². The van der Waals surface area contributed by atoms with Crippen molar-refractivity contribution in [3.8, 4) is 5.75 Å². The summed E-state index contributed by atoms with van der Waals surface area (Å²) in [4.78, 5) is 12.4. The van der Waals surface area contributed by atoms with Gasteiger partial charge in [0.25, 0.3) is 5.91 Å². The highest BCUT2D eigenvalue weighted by atomic mass is 16.5. The number of nitrogens with zero attached hydrogens (tertiary/aromatic N) is 1. The molecular weight excluding hydrogens is 276 g/mol. The van der Waals surface area contributed by atoms with Gasteiger partial charge in [-0.25, -0.2) is 0 Å². The maximum absolute atomic E-state index is 12.4. The molecule has 0 aliphatic heterocycles. The van der Waals surface area contributed by atoms with Gasteiger partial charge in [0.05, 0.1) is 12.6 Å². The first-order valence-electron chi connectivity index (χ1n) is 7.15. The Labute approximate surface area is 129 Å². The summed E-state index contributed by atoms with van der Waals surface area (Å²) in [6.07, 6.45) is 0. The lowest BCUT2D eigenvalue weighted by Gasteiger charge is -2.08. The molecule has 0 saturated heterocycles. The zero-order chi connectivity index (χ0) is 15.5. The summed E-state index contributed by atoms with van der Waals surface area (Å²) in [6.45, 7) is 0.512. The zero-order valence-electron chi connectivity index (χ0n) is 12.7. The first-order valence-corrected chi connectivity index (χ1v) is 7.15. The lowest BCUT2D eigenvalue weighted by atomic mass is 10.2. The Kier molecular flexibility index (Phi) is 3.83. The minimum Gasteiger partial charge on any atom is -0.495 e. The van der Waals surface area contributed by atoms with Gasteiger partial charge in [0.1, 0.15) is 11.4 Å². The third-order valence-electron chi connectivity index (χ3n) is 3.77. The third kappa shape index (κ3) is 2.55. The van der Waals surface area contributed by atoms with Crippen LogP contribution in [-0.4, -0.2) is 17.6 Å². The minimum atomic E-state index is -0.0930. The highest BCUT2D eigenvalue weighted by molar-refractivity contribution is 6.00. The molecule has 22 heavy (non-hydrogen) atoms. The topological polar surface area (TPSA) is 43.3 Å². The van der Waals surface area contributed by atoms with Crippen LogP contribution < -0.4 is 10.1 Å². The summed E-state index contributed by atoms with van der Waals surface area (Å²) in [6, 6.07) is 17.5. The summed E-state index contributed by atoms with van der Waals surface area (Å²) in [5.41, 5.74) is 2.62. The predicted octanol–water partition coefficient (Wildman–Crippen LogP) is 3.12. The molecule has 1 aromatic heterocycles. The van der Waals surface area contributed by atoms with Crippen LogP contribution in [0.15, 0.2) is 54.6 Å². The van der Waals surface area contributed by atoms with Crippen molar-refractivity contribution in [2.24, 2.45) is 7.05 Å². The van der Waals surface area contributed by atoms with Crippen molar-refractivity contribution < 1.29 is 9.53 Å². The van der Waals surface area contributed by atoms with E-state index in [1.54, 1.807) is 7.11 Å². The summed E-state index contributed by atoms with van der Waals surface area (Å²) < 4.78 is 7.25. The largest absolute Gasteiger partial charge is 0.495 e. The number of aromatic nitrogens is 1. The highest BCUT2D eigenvalue weighted by Crippen LogP contribution is 2.27. The number of benzene rings is 2. The van der Waals surface area contributed by atoms with Crippen molar-refractivity contribution in [1.82, 2.24) is 9.88 Å². The monoisotopic (exact) mass is 294 g/mol. The molecular formula is C18H18N2O2. The van der Waals surface area contributed by atoms with Crippen LogP contribution in [0.3, 0.4) is 0 Å². The molecule has 4 nitrogen and oxygen atoms in total. The molecule has 0 unspecified atom stereocenters. The van der Waals surface area contributed by atoms with E-state index in [1.807, 2.05) is 66.2 Å². The van der Waals surface area contributed by atoms with Gasteiger partial charge in [-0.05, 0) is 17.7 Å². The van der Waals surface area contributed by atoms with Gasteiger partial charge in [0, 0.05) is 19.0 Å². The van der Waals surface area contributed by atoms with Crippen molar-refractivity contribution in [2.75, 3.05) is 7.11 Å². The van der Waals surface area contributed by atoms with Crippen LogP contribution in [0.4, 0.5) is 0 Å². The molecule has 0 bridgehead atoms. The first-order chi connectivity index (χ1) is 10.7. The molecule has 2 aromatic carbocycles. The molecule has 3 aromatic rings. The number of carbonyl (C=O) groups is 1. The first kappa shape index (κ1) is 14.2. The van der Waals surface area contributed by atoms with Crippen LogP contribution in [0.25, 0.3) is 10.9 Å². The highest BCUT2D eigenvalue weighted by Gasteiger charge is 2.15. The second-order valence-electron chi connectivity index (χ2n) is 5.15. The van der Waals surface area contributed by atoms with Crippen molar-refractivity contribution in [3.63, 3.8) is 0 Å². The number of ether oxygens (including phenoxy) is 1. The maximum Gasteiger partial charge on any atom is 0.268 e. The Morgan fingerprint density at radius 1 is 1.14 bits per heavy atom. The average molecular weight is 294 g/mol. The number of amides is 1. The fourth-order valence-electron chi connectivity index (χ4n) is 2.63. The average Bonchev–Trinajstić information content (AvgIpc) is 2.91. The molecule has 0 saturated carbocycles. The third-order valence-corrected chi connectivity index (χ3v) is 3.77. The van der Waals surface area contributed by atoms with Crippen LogP contribution in [-0.2, 0) is 13.6 Å². The molecule has 0 aliphatic rings. The van der Waals surface area contributed by atoms with E-state index >= 15 is 0 Å². The Hall–Kier alpha value is -2.75. The van der Waals surface area contributed by atoms with E-state index in [4.69, 9.17) is 4.74 Å². The molecule has 4 heteroatoms. The van der Waals surface area contributed by atoms with Crippen LogP contribution in [0, 0.1) is 0 Å². The lowest BCUT2D eigenvalue weighted by Crippen LogP contribution is -2.24. The van der Waals surface area contributed by atoms with Gasteiger partial charge < -0.3 is 14.6 Å². The Morgan fingerprint density at radius 2 is 1.91 bits per heavy atom. The molecule has 1 heterocycles. The molecule has 0 fully saturated rings. The number of rotatable bonds is 4. The van der Waals surface area contributed by atoms with Crippen LogP contribution in [0.2, 0.25) is 0 Å². The van der Waals surface area contributed by atoms with E-state index in [0.29, 0.717) is 12.2 Å². The molecule has 1 amide bonds. The fourth-order valence-corrected chi connectivity index (χ4v) is 2.63. The summed E-state index contributed by atoms with van der Waals surface area (Å²) >= 11 is 0. The second kappa shape index (κ2) is 5.93. The number of para-hydroxylation sites is 1. The van der Waals surface area contributed by atoms with Gasteiger partial charge in [0.2, 0.25) is 0 Å². The Morgan fingerprint density at radius 3 is 2.64 bits per heavy atom. The molecule has 0 spiro atoms. The molecule has 0 aliphatic carbocycles. The van der Waals surface area contributed by atoms with Gasteiger partial charge in [-0.3, -0.25) is 4.79 Å². The smallest absolute Gasteiger partial charge is 0.268 e. The number of hydrogen-bond acceptors (Lipinski definition) is 2. The summed E-state index contributed by atoms with van der Waals surface area (Å²) in [5, 5.41) is 3.95.